The number of rotatable bonds is 6. The molecule has 2 unspecified atom stereocenters. The molecule has 0 aliphatic rings. The lowest BCUT2D eigenvalue weighted by atomic mass is 9.88. The number of hydrogen-bond acceptors (Lipinski definition) is 6. The maximum absolute atomic E-state index is 14.7. The van der Waals surface area contributed by atoms with Crippen LogP contribution in [0.1, 0.15) is 47.0 Å². The molecule has 11 heteroatoms. The molecular formula is C20H18ClFN4O4S. The Labute approximate surface area is 182 Å². The van der Waals surface area contributed by atoms with E-state index >= 15 is 0 Å². The molecule has 0 saturated heterocycles. The van der Waals surface area contributed by atoms with Crippen molar-refractivity contribution in [2.45, 2.75) is 37.6 Å². The molecule has 0 amide bonds. The molecule has 0 radical (unpaired) electrons. The molecule has 3 aromatic rings. The summed E-state index contributed by atoms with van der Waals surface area (Å²) in [4.78, 5) is 11.2. The van der Waals surface area contributed by atoms with Gasteiger partial charge in [0, 0.05) is 10.9 Å². The average Bonchev–Trinajstić information content (AvgIpc) is 3.14. The Balaban J connectivity index is 2.13. The van der Waals surface area contributed by atoms with Crippen molar-refractivity contribution in [2.24, 2.45) is 0 Å². The van der Waals surface area contributed by atoms with Gasteiger partial charge < -0.3 is 4.42 Å². The number of H-pyrrole nitrogens is 1. The van der Waals surface area contributed by atoms with Crippen LogP contribution in [0.25, 0.3) is 0 Å². The topological polar surface area (TPSA) is 129 Å². The molecule has 31 heavy (non-hydrogen) atoms. The van der Waals surface area contributed by atoms with E-state index in [-0.39, 0.29) is 26.9 Å². The van der Waals surface area contributed by atoms with Crippen LogP contribution in [0, 0.1) is 31.0 Å². The van der Waals surface area contributed by atoms with Gasteiger partial charge in [0.1, 0.15) is 17.9 Å². The van der Waals surface area contributed by atoms with Crippen molar-refractivity contribution in [3.05, 3.63) is 79.9 Å². The van der Waals surface area contributed by atoms with Crippen LogP contribution >= 0.6 is 11.6 Å². The highest BCUT2D eigenvalue weighted by Crippen LogP contribution is 2.35. The van der Waals surface area contributed by atoms with Gasteiger partial charge in [-0.25, -0.2) is 22.7 Å². The summed E-state index contributed by atoms with van der Waals surface area (Å²) >= 11 is 5.86. The number of halogens is 2. The Hall–Kier alpha value is -3.00. The van der Waals surface area contributed by atoms with Crippen molar-refractivity contribution in [1.82, 2.24) is 14.9 Å². The van der Waals surface area contributed by atoms with Crippen LogP contribution in [-0.2, 0) is 10.0 Å². The Morgan fingerprint density at radius 2 is 2.00 bits per heavy atom. The van der Waals surface area contributed by atoms with Crippen molar-refractivity contribution in [2.75, 3.05) is 0 Å². The van der Waals surface area contributed by atoms with E-state index < -0.39 is 33.6 Å². The van der Waals surface area contributed by atoms with Gasteiger partial charge >= 0.3 is 5.76 Å². The Bertz CT molecular complexity index is 1340. The van der Waals surface area contributed by atoms with E-state index in [1.807, 2.05) is 0 Å². The fraction of sp³-hybridized carbons (Fsp3) is 0.250. The molecule has 1 aromatic heterocycles. The molecule has 2 atom stereocenters. The minimum Gasteiger partial charge on any atom is -0.391 e. The third kappa shape index (κ3) is 4.54. The van der Waals surface area contributed by atoms with Crippen LogP contribution in [0.5, 0.6) is 0 Å². The number of benzene rings is 2. The maximum Gasteiger partial charge on any atom is 0.434 e. The number of aromatic amines is 1. The molecule has 0 aliphatic heterocycles. The summed E-state index contributed by atoms with van der Waals surface area (Å²) in [6, 6.07) is 7.16. The molecule has 8 nitrogen and oxygen atoms in total. The number of aromatic nitrogens is 2. The van der Waals surface area contributed by atoms with Crippen LogP contribution in [0.4, 0.5) is 4.39 Å². The van der Waals surface area contributed by atoms with E-state index in [0.717, 1.165) is 5.56 Å². The van der Waals surface area contributed by atoms with Gasteiger partial charge in [-0.3, -0.25) is 0 Å². The number of nitrogens with zero attached hydrogens (tertiary/aromatic N) is 2. The predicted octanol–water partition coefficient (Wildman–Crippen LogP) is 3.47. The lowest BCUT2D eigenvalue weighted by molar-refractivity contribution is 0.376. The Morgan fingerprint density at radius 1 is 1.29 bits per heavy atom. The molecule has 0 saturated carbocycles. The lowest BCUT2D eigenvalue weighted by Crippen LogP contribution is -2.33. The number of nitrogens with one attached hydrogen (secondary N) is 2. The molecule has 0 bridgehead atoms. The first-order valence-electron chi connectivity index (χ1n) is 9.08. The minimum absolute atomic E-state index is 0.173. The summed E-state index contributed by atoms with van der Waals surface area (Å²) in [7, 11) is -4.32. The van der Waals surface area contributed by atoms with Gasteiger partial charge in [-0.1, -0.05) is 24.6 Å². The number of sulfonamides is 1. The second kappa shape index (κ2) is 8.63. The highest BCUT2D eigenvalue weighted by molar-refractivity contribution is 7.89. The van der Waals surface area contributed by atoms with E-state index in [2.05, 4.69) is 14.9 Å². The summed E-state index contributed by atoms with van der Waals surface area (Å²) in [6.45, 7) is 5.09. The van der Waals surface area contributed by atoms with Gasteiger partial charge in [-0.15, -0.1) is 5.10 Å². The zero-order valence-corrected chi connectivity index (χ0v) is 18.3. The molecule has 162 valence electrons. The molecule has 3 rings (SSSR count). The quantitative estimate of drug-likeness (QED) is 0.574. The molecule has 2 N–H and O–H groups in total. The van der Waals surface area contributed by atoms with Gasteiger partial charge in [0.15, 0.2) is 0 Å². The van der Waals surface area contributed by atoms with Gasteiger partial charge in [-0.2, -0.15) is 9.98 Å². The average molecular weight is 465 g/mol. The molecule has 1 heterocycles. The first-order valence-corrected chi connectivity index (χ1v) is 10.9. The summed E-state index contributed by atoms with van der Waals surface area (Å²) in [6.07, 6.45) is 0. The van der Waals surface area contributed by atoms with Crippen LogP contribution < -0.4 is 10.5 Å². The van der Waals surface area contributed by atoms with Crippen molar-refractivity contribution >= 4 is 21.6 Å². The Kier molecular flexibility index (Phi) is 6.31. The van der Waals surface area contributed by atoms with E-state index in [1.165, 1.54) is 24.3 Å². The second-order valence-electron chi connectivity index (χ2n) is 6.99. The van der Waals surface area contributed by atoms with Gasteiger partial charge in [0.05, 0.1) is 10.5 Å². The first-order chi connectivity index (χ1) is 14.5. The van der Waals surface area contributed by atoms with Crippen molar-refractivity contribution in [3.63, 3.8) is 0 Å². The second-order valence-corrected chi connectivity index (χ2v) is 9.11. The van der Waals surface area contributed by atoms with Crippen molar-refractivity contribution in [3.8, 4) is 6.07 Å². The summed E-state index contributed by atoms with van der Waals surface area (Å²) in [5, 5.41) is 15.3. The smallest absolute Gasteiger partial charge is 0.391 e. The summed E-state index contributed by atoms with van der Waals surface area (Å²) in [5.41, 5.74) is 1.50. The van der Waals surface area contributed by atoms with Crippen LogP contribution in [0.2, 0.25) is 5.02 Å². The lowest BCUT2D eigenvalue weighted by Gasteiger charge is -2.25. The highest BCUT2D eigenvalue weighted by Gasteiger charge is 2.34. The zero-order valence-electron chi connectivity index (χ0n) is 16.7. The fourth-order valence-corrected chi connectivity index (χ4v) is 4.91. The SMILES string of the molecule is Cc1ccc(F)c(C(C)C(NS(=O)(=O)c2ccc(Cl)cc2C#N)c2n[nH]c(=O)o2)c1C. The normalized spacial score (nSPS) is 13.5. The third-order valence-corrected chi connectivity index (χ3v) is 6.78. The van der Waals surface area contributed by atoms with Gasteiger partial charge in [0.2, 0.25) is 15.9 Å². The molecule has 0 fully saturated rings. The number of hydrogen-bond donors (Lipinski definition) is 2. The van der Waals surface area contributed by atoms with E-state index in [9.17, 15) is 22.9 Å². The molecule has 2 aromatic carbocycles. The van der Waals surface area contributed by atoms with E-state index in [4.69, 9.17) is 16.0 Å². The van der Waals surface area contributed by atoms with Crippen molar-refractivity contribution < 1.29 is 17.2 Å². The zero-order chi connectivity index (χ0) is 22.9. The highest BCUT2D eigenvalue weighted by atomic mass is 35.5. The van der Waals surface area contributed by atoms with Gasteiger partial charge in [0.25, 0.3) is 0 Å². The van der Waals surface area contributed by atoms with Gasteiger partial charge in [-0.05, 0) is 54.8 Å². The monoisotopic (exact) mass is 464 g/mol. The van der Waals surface area contributed by atoms with Crippen molar-refractivity contribution in [1.29, 1.82) is 5.26 Å². The molecule has 0 aliphatic carbocycles. The molecular weight excluding hydrogens is 447 g/mol. The van der Waals surface area contributed by atoms with Crippen LogP contribution in [0.3, 0.4) is 0 Å². The molecule has 0 spiro atoms. The van der Waals surface area contributed by atoms with Crippen LogP contribution in [0.15, 0.2) is 44.4 Å². The minimum atomic E-state index is -4.32. The summed E-state index contributed by atoms with van der Waals surface area (Å²) < 4.78 is 48.4. The summed E-state index contributed by atoms with van der Waals surface area (Å²) in [5.74, 6) is -2.52. The third-order valence-electron chi connectivity index (χ3n) is 5.04. The fourth-order valence-electron chi connectivity index (χ4n) is 3.33. The number of nitriles is 1. The maximum atomic E-state index is 14.7. The van der Waals surface area contributed by atoms with E-state index in [0.29, 0.717) is 5.56 Å². The largest absolute Gasteiger partial charge is 0.434 e. The standard InChI is InChI=1S/C20H18ClFN4O4S/c1-10-4-6-15(22)17(11(10)2)12(3)18(19-24-25-20(27)30-19)26-31(28,29)16-7-5-14(21)8-13(16)9-23/h4-8,12,18,26H,1-3H3,(H,25,27). The van der Waals surface area contributed by atoms with E-state index in [1.54, 1.807) is 32.9 Å². The Morgan fingerprint density at radius 3 is 2.61 bits per heavy atom. The van der Waals surface area contributed by atoms with Crippen LogP contribution in [-0.4, -0.2) is 18.6 Å². The predicted molar refractivity (Wildman–Crippen MR) is 111 cm³/mol. The first kappa shape index (κ1) is 22.7. The number of aryl methyl sites for hydroxylation is 1.